The minimum atomic E-state index is 0.00515. The van der Waals surface area contributed by atoms with Crippen LogP contribution in [0.4, 0.5) is 0 Å². The van der Waals surface area contributed by atoms with Crippen LogP contribution in [0.5, 0.6) is 0 Å². The number of nitrogens with one attached hydrogen (secondary N) is 1. The third kappa shape index (κ3) is 3.17. The molecule has 0 unspecified atom stereocenters. The van der Waals surface area contributed by atoms with Crippen LogP contribution in [-0.4, -0.2) is 9.55 Å². The van der Waals surface area contributed by atoms with Crippen molar-refractivity contribution in [3.63, 3.8) is 0 Å². The van der Waals surface area contributed by atoms with E-state index in [0.29, 0.717) is 5.39 Å². The van der Waals surface area contributed by atoms with E-state index < -0.39 is 0 Å². The Kier molecular flexibility index (Phi) is 4.53. The first-order valence-corrected chi connectivity index (χ1v) is 7.93. The van der Waals surface area contributed by atoms with Crippen LogP contribution < -0.4 is 10.9 Å². The summed E-state index contributed by atoms with van der Waals surface area (Å²) in [6.07, 6.45) is 0.867. The van der Waals surface area contributed by atoms with Crippen molar-refractivity contribution in [3.8, 4) is 0 Å². The van der Waals surface area contributed by atoms with Crippen LogP contribution in [0.3, 0.4) is 0 Å². The molecule has 0 aliphatic heterocycles. The Morgan fingerprint density at radius 1 is 1.09 bits per heavy atom. The third-order valence-corrected chi connectivity index (χ3v) is 4.13. The molecule has 0 fully saturated rings. The molecule has 23 heavy (non-hydrogen) atoms. The molecule has 4 heteroatoms. The molecule has 1 heterocycles. The summed E-state index contributed by atoms with van der Waals surface area (Å²) in [6.45, 7) is 2.85. The molecule has 0 saturated carbocycles. The maximum Gasteiger partial charge on any atom is 0.261 e. The molecule has 0 bridgehead atoms. The monoisotopic (exact) mass is 307 g/mol. The van der Waals surface area contributed by atoms with Gasteiger partial charge in [-0.2, -0.15) is 0 Å². The average Bonchev–Trinajstić information content (AvgIpc) is 2.60. The Hall–Kier alpha value is -2.46. The first-order valence-electron chi connectivity index (χ1n) is 7.93. The van der Waals surface area contributed by atoms with Crippen molar-refractivity contribution in [2.75, 3.05) is 0 Å². The number of fused-ring (bicyclic) bond motifs is 1. The van der Waals surface area contributed by atoms with E-state index in [4.69, 9.17) is 4.98 Å². The molecule has 0 aliphatic carbocycles. The third-order valence-electron chi connectivity index (χ3n) is 4.13. The van der Waals surface area contributed by atoms with E-state index in [1.54, 1.807) is 11.6 Å². The topological polar surface area (TPSA) is 46.9 Å². The highest BCUT2D eigenvalue weighted by atomic mass is 16.1. The summed E-state index contributed by atoms with van der Waals surface area (Å²) in [4.78, 5) is 17.3. The van der Waals surface area contributed by atoms with Crippen molar-refractivity contribution >= 4 is 10.9 Å². The molecule has 0 saturated heterocycles. The van der Waals surface area contributed by atoms with Gasteiger partial charge in [-0.1, -0.05) is 49.4 Å². The second-order valence-corrected chi connectivity index (χ2v) is 5.68. The number of hydrogen-bond donors (Lipinski definition) is 1. The van der Waals surface area contributed by atoms with Crippen molar-refractivity contribution in [3.05, 3.63) is 76.3 Å². The van der Waals surface area contributed by atoms with Crippen LogP contribution in [0.1, 0.15) is 30.8 Å². The Morgan fingerprint density at radius 3 is 2.52 bits per heavy atom. The number of aromatic nitrogens is 2. The van der Waals surface area contributed by atoms with Crippen LogP contribution in [0.25, 0.3) is 10.9 Å². The molecule has 1 atom stereocenters. The lowest BCUT2D eigenvalue weighted by molar-refractivity contribution is 0.473. The van der Waals surface area contributed by atoms with Crippen molar-refractivity contribution < 1.29 is 0 Å². The van der Waals surface area contributed by atoms with Crippen LogP contribution in [0.15, 0.2) is 59.4 Å². The zero-order valence-corrected chi connectivity index (χ0v) is 13.5. The molecule has 1 N–H and O–H groups in total. The van der Waals surface area contributed by atoms with Gasteiger partial charge in [0.25, 0.3) is 5.56 Å². The molecular formula is C19H21N3O. The highest BCUT2D eigenvalue weighted by molar-refractivity contribution is 5.77. The Labute approximate surface area is 135 Å². The summed E-state index contributed by atoms with van der Waals surface area (Å²) in [7, 11) is 1.80. The van der Waals surface area contributed by atoms with Crippen LogP contribution >= 0.6 is 0 Å². The minimum absolute atomic E-state index is 0.00515. The summed E-state index contributed by atoms with van der Waals surface area (Å²) in [5, 5.41) is 4.18. The standard InChI is InChI=1S/C19H21N3O/c1-3-16(20-13-14-9-5-4-6-10-14)18-21-17-12-8-7-11-15(17)19(23)22(18)2/h4-12,16,20H,3,13H2,1-2H3/t16-/m0/s1. The quantitative estimate of drug-likeness (QED) is 0.787. The predicted molar refractivity (Wildman–Crippen MR) is 93.3 cm³/mol. The van der Waals surface area contributed by atoms with E-state index in [0.717, 1.165) is 24.3 Å². The number of benzene rings is 2. The predicted octanol–water partition coefficient (Wildman–Crippen LogP) is 3.17. The normalized spacial score (nSPS) is 12.4. The van der Waals surface area contributed by atoms with Crippen molar-refractivity contribution in [1.82, 2.24) is 14.9 Å². The zero-order chi connectivity index (χ0) is 16.2. The summed E-state index contributed by atoms with van der Waals surface area (Å²) in [6, 6.07) is 17.8. The van der Waals surface area contributed by atoms with Gasteiger partial charge in [-0.3, -0.25) is 9.36 Å². The maximum absolute atomic E-state index is 12.5. The largest absolute Gasteiger partial charge is 0.303 e. The first kappa shape index (κ1) is 15.4. The first-order chi connectivity index (χ1) is 11.2. The molecule has 3 aromatic rings. The lowest BCUT2D eigenvalue weighted by atomic mass is 10.1. The van der Waals surface area contributed by atoms with Gasteiger partial charge in [0.05, 0.1) is 16.9 Å². The van der Waals surface area contributed by atoms with Crippen molar-refractivity contribution in [2.24, 2.45) is 7.05 Å². The number of nitrogens with zero attached hydrogens (tertiary/aromatic N) is 2. The molecule has 3 rings (SSSR count). The molecule has 0 aliphatic rings. The van der Waals surface area contributed by atoms with E-state index in [-0.39, 0.29) is 11.6 Å². The highest BCUT2D eigenvalue weighted by Gasteiger charge is 2.16. The van der Waals surface area contributed by atoms with E-state index in [1.165, 1.54) is 5.56 Å². The molecule has 0 amide bonds. The fourth-order valence-electron chi connectivity index (χ4n) is 2.80. The molecule has 2 aromatic carbocycles. The van der Waals surface area contributed by atoms with Crippen molar-refractivity contribution in [1.29, 1.82) is 0 Å². The summed E-state index contributed by atoms with van der Waals surface area (Å²) in [5.41, 5.74) is 1.98. The average molecular weight is 307 g/mol. The van der Waals surface area contributed by atoms with Gasteiger partial charge < -0.3 is 5.32 Å². The summed E-state index contributed by atoms with van der Waals surface area (Å²) in [5.74, 6) is 0.784. The fraction of sp³-hybridized carbons (Fsp3) is 0.263. The molecule has 118 valence electrons. The minimum Gasteiger partial charge on any atom is -0.303 e. The molecule has 1 aromatic heterocycles. The Morgan fingerprint density at radius 2 is 1.78 bits per heavy atom. The lowest BCUT2D eigenvalue weighted by Gasteiger charge is -2.19. The van der Waals surface area contributed by atoms with Gasteiger partial charge in [0, 0.05) is 13.6 Å². The fourth-order valence-corrected chi connectivity index (χ4v) is 2.80. The van der Waals surface area contributed by atoms with E-state index >= 15 is 0 Å². The zero-order valence-electron chi connectivity index (χ0n) is 13.5. The lowest BCUT2D eigenvalue weighted by Crippen LogP contribution is -2.30. The Bertz CT molecular complexity index is 855. The number of hydrogen-bond acceptors (Lipinski definition) is 3. The van der Waals surface area contributed by atoms with Gasteiger partial charge in [-0.15, -0.1) is 0 Å². The van der Waals surface area contributed by atoms with Gasteiger partial charge in [0.15, 0.2) is 0 Å². The van der Waals surface area contributed by atoms with Crippen molar-refractivity contribution in [2.45, 2.75) is 25.9 Å². The van der Waals surface area contributed by atoms with Crippen LogP contribution in [-0.2, 0) is 13.6 Å². The molecule has 0 radical (unpaired) electrons. The maximum atomic E-state index is 12.5. The van der Waals surface area contributed by atoms with Gasteiger partial charge in [0.2, 0.25) is 0 Å². The number of rotatable bonds is 5. The van der Waals surface area contributed by atoms with Gasteiger partial charge in [-0.25, -0.2) is 4.98 Å². The van der Waals surface area contributed by atoms with E-state index in [9.17, 15) is 4.79 Å². The Balaban J connectivity index is 1.93. The SMILES string of the molecule is CC[C@H](NCc1ccccc1)c1nc2ccccc2c(=O)n1C. The highest BCUT2D eigenvalue weighted by Crippen LogP contribution is 2.16. The van der Waals surface area contributed by atoms with Gasteiger partial charge >= 0.3 is 0 Å². The summed E-state index contributed by atoms with van der Waals surface area (Å²) < 4.78 is 1.66. The second kappa shape index (κ2) is 6.75. The molecular weight excluding hydrogens is 286 g/mol. The molecule has 0 spiro atoms. The van der Waals surface area contributed by atoms with Gasteiger partial charge in [0.1, 0.15) is 5.82 Å². The smallest absolute Gasteiger partial charge is 0.261 e. The number of para-hydroxylation sites is 1. The van der Waals surface area contributed by atoms with E-state index in [2.05, 4.69) is 24.4 Å². The second-order valence-electron chi connectivity index (χ2n) is 5.68. The van der Waals surface area contributed by atoms with E-state index in [1.807, 2.05) is 42.5 Å². The van der Waals surface area contributed by atoms with Gasteiger partial charge in [-0.05, 0) is 24.1 Å². The molecule has 4 nitrogen and oxygen atoms in total. The van der Waals surface area contributed by atoms with Crippen LogP contribution in [0, 0.1) is 0 Å². The van der Waals surface area contributed by atoms with Crippen LogP contribution in [0.2, 0.25) is 0 Å². The summed E-state index contributed by atoms with van der Waals surface area (Å²) >= 11 is 0.